The molecule has 246 valence electrons. The van der Waals surface area contributed by atoms with Gasteiger partial charge in [0.2, 0.25) is 11.8 Å². The Morgan fingerprint density at radius 1 is 1.07 bits per heavy atom. The molecule has 3 aromatic rings. The van der Waals surface area contributed by atoms with Gasteiger partial charge in [-0.2, -0.15) is 0 Å². The standard InChI is InChI=1S/C35H46N6O5/c1-24-20-41(25(2)23-42)35(45)28-19-27(13-14-31(28)46-32(24)22-40(3)21-26-15-17-37-18-16-26)38-33(43)11-5-4-6-12-34(44)39-30-10-8-7-9-29(30)36/h7-10,13-19,24-25,32,42H,4-6,11-12,20-23,36H2,1-3H3,(H,38,43)(H,39,44)/t24-,25+,32-/m0/s1. The molecule has 11 nitrogen and oxygen atoms in total. The van der Waals surface area contributed by atoms with E-state index < -0.39 is 0 Å². The van der Waals surface area contributed by atoms with Crippen molar-refractivity contribution >= 4 is 34.8 Å². The molecular formula is C35H46N6O5. The summed E-state index contributed by atoms with van der Waals surface area (Å²) in [5, 5.41) is 15.7. The Morgan fingerprint density at radius 2 is 1.76 bits per heavy atom. The topological polar surface area (TPSA) is 150 Å². The number of carbonyl (C=O) groups excluding carboxylic acids is 3. The van der Waals surface area contributed by atoms with Gasteiger partial charge in [0.15, 0.2) is 0 Å². The maximum atomic E-state index is 13.7. The van der Waals surface area contributed by atoms with E-state index in [2.05, 4.69) is 27.4 Å². The largest absolute Gasteiger partial charge is 0.488 e. The van der Waals surface area contributed by atoms with Crippen LogP contribution in [0.1, 0.15) is 61.9 Å². The van der Waals surface area contributed by atoms with Crippen molar-refractivity contribution in [1.29, 1.82) is 0 Å². The number of aliphatic hydroxyl groups is 1. The number of likely N-dealkylation sites (N-methyl/N-ethyl adjacent to an activating group) is 1. The number of nitrogen functional groups attached to an aromatic ring is 1. The third-order valence-electron chi connectivity index (χ3n) is 8.18. The number of anilines is 3. The summed E-state index contributed by atoms with van der Waals surface area (Å²) in [7, 11) is 2.03. The number of para-hydroxylation sites is 2. The van der Waals surface area contributed by atoms with Crippen LogP contribution in [0.5, 0.6) is 5.75 Å². The summed E-state index contributed by atoms with van der Waals surface area (Å²) in [5.74, 6) is -0.101. The molecule has 46 heavy (non-hydrogen) atoms. The van der Waals surface area contributed by atoms with Gasteiger partial charge in [0.05, 0.1) is 29.6 Å². The Balaban J connectivity index is 1.35. The number of aromatic nitrogens is 1. The molecule has 0 saturated heterocycles. The van der Waals surface area contributed by atoms with Crippen molar-refractivity contribution in [3.63, 3.8) is 0 Å². The van der Waals surface area contributed by atoms with E-state index in [1.165, 1.54) is 0 Å². The zero-order chi connectivity index (χ0) is 33.1. The first kappa shape index (κ1) is 34.4. The number of nitrogens with two attached hydrogens (primary N) is 1. The highest BCUT2D eigenvalue weighted by atomic mass is 16.5. The first-order chi connectivity index (χ1) is 22.1. The van der Waals surface area contributed by atoms with E-state index in [1.54, 1.807) is 47.6 Å². The molecule has 0 radical (unpaired) electrons. The zero-order valence-electron chi connectivity index (χ0n) is 26.9. The zero-order valence-corrected chi connectivity index (χ0v) is 26.9. The molecule has 0 saturated carbocycles. The van der Waals surface area contributed by atoms with Crippen LogP contribution in [0.15, 0.2) is 67.0 Å². The molecule has 0 bridgehead atoms. The summed E-state index contributed by atoms with van der Waals surface area (Å²) < 4.78 is 6.49. The van der Waals surface area contributed by atoms with Crippen LogP contribution in [-0.2, 0) is 16.1 Å². The summed E-state index contributed by atoms with van der Waals surface area (Å²) in [6.45, 7) is 5.47. The smallest absolute Gasteiger partial charge is 0.258 e. The second-order valence-corrected chi connectivity index (χ2v) is 12.1. The Bertz CT molecular complexity index is 1470. The number of carbonyl (C=O) groups is 3. The first-order valence-corrected chi connectivity index (χ1v) is 15.9. The first-order valence-electron chi connectivity index (χ1n) is 15.9. The summed E-state index contributed by atoms with van der Waals surface area (Å²) in [5.41, 5.74) is 8.98. The molecule has 2 heterocycles. The van der Waals surface area contributed by atoms with E-state index in [0.29, 0.717) is 67.1 Å². The third-order valence-corrected chi connectivity index (χ3v) is 8.18. The fourth-order valence-electron chi connectivity index (χ4n) is 5.48. The number of unbranched alkanes of at least 4 members (excludes halogenated alkanes) is 2. The van der Waals surface area contributed by atoms with E-state index in [0.717, 1.165) is 12.1 Å². The van der Waals surface area contributed by atoms with Crippen LogP contribution in [0.4, 0.5) is 17.1 Å². The molecule has 3 amide bonds. The van der Waals surface area contributed by atoms with Crippen LogP contribution < -0.4 is 21.1 Å². The summed E-state index contributed by atoms with van der Waals surface area (Å²) in [6.07, 6.45) is 5.92. The Morgan fingerprint density at radius 3 is 2.46 bits per heavy atom. The Hall–Kier alpha value is -4.48. The minimum atomic E-state index is -0.388. The molecule has 1 aromatic heterocycles. The van der Waals surface area contributed by atoms with E-state index in [-0.39, 0.29) is 48.8 Å². The number of amides is 3. The normalized spacial score (nSPS) is 17.0. The number of benzene rings is 2. The van der Waals surface area contributed by atoms with Gasteiger partial charge < -0.3 is 31.1 Å². The number of hydrogen-bond donors (Lipinski definition) is 4. The number of rotatable bonds is 14. The molecule has 1 aliphatic rings. The second kappa shape index (κ2) is 16.7. The molecule has 0 aliphatic carbocycles. The van der Waals surface area contributed by atoms with E-state index >= 15 is 0 Å². The lowest BCUT2D eigenvalue weighted by atomic mass is 9.99. The van der Waals surface area contributed by atoms with E-state index in [4.69, 9.17) is 10.5 Å². The molecular weight excluding hydrogens is 584 g/mol. The van der Waals surface area contributed by atoms with Gasteiger partial charge in [0.1, 0.15) is 11.9 Å². The number of aliphatic hydroxyl groups excluding tert-OH is 1. The van der Waals surface area contributed by atoms with Crippen molar-refractivity contribution in [3.05, 3.63) is 78.1 Å². The molecule has 0 unspecified atom stereocenters. The summed E-state index contributed by atoms with van der Waals surface area (Å²) >= 11 is 0. The van der Waals surface area contributed by atoms with Crippen LogP contribution in [-0.4, -0.2) is 76.5 Å². The van der Waals surface area contributed by atoms with Crippen molar-refractivity contribution in [2.75, 3.05) is 43.1 Å². The van der Waals surface area contributed by atoms with Gasteiger partial charge in [-0.3, -0.25) is 24.3 Å². The highest BCUT2D eigenvalue weighted by Crippen LogP contribution is 2.31. The molecule has 0 fully saturated rings. The fourth-order valence-corrected chi connectivity index (χ4v) is 5.48. The highest BCUT2D eigenvalue weighted by Gasteiger charge is 2.33. The molecule has 1 aliphatic heterocycles. The molecule has 3 atom stereocenters. The monoisotopic (exact) mass is 630 g/mol. The van der Waals surface area contributed by atoms with Crippen molar-refractivity contribution < 1.29 is 24.2 Å². The average Bonchev–Trinajstić information content (AvgIpc) is 3.04. The minimum Gasteiger partial charge on any atom is -0.488 e. The van der Waals surface area contributed by atoms with E-state index in [9.17, 15) is 19.5 Å². The lowest BCUT2D eigenvalue weighted by Gasteiger charge is -2.38. The van der Waals surface area contributed by atoms with Gasteiger partial charge in [-0.05, 0) is 74.8 Å². The second-order valence-electron chi connectivity index (χ2n) is 12.1. The summed E-state index contributed by atoms with van der Waals surface area (Å²) in [4.78, 5) is 46.7. The number of ether oxygens (including phenoxy) is 1. The van der Waals surface area contributed by atoms with Crippen molar-refractivity contribution in [1.82, 2.24) is 14.8 Å². The van der Waals surface area contributed by atoms with Gasteiger partial charge in [-0.25, -0.2) is 0 Å². The predicted molar refractivity (Wildman–Crippen MR) is 179 cm³/mol. The number of hydrogen-bond acceptors (Lipinski definition) is 8. The SMILES string of the molecule is C[C@H](CO)N1C[C@H](C)[C@H](CN(C)Cc2ccncc2)Oc2ccc(NC(=O)CCCCCC(=O)Nc3ccccc3N)cc2C1=O. The highest BCUT2D eigenvalue weighted by molar-refractivity contribution is 6.00. The number of pyridine rings is 1. The molecule has 0 spiro atoms. The average molecular weight is 631 g/mol. The lowest BCUT2D eigenvalue weighted by molar-refractivity contribution is -0.116. The third kappa shape index (κ3) is 9.76. The minimum absolute atomic E-state index is 0.00656. The fraction of sp³-hybridized carbons (Fsp3) is 0.429. The Kier molecular flexibility index (Phi) is 12.5. The van der Waals surface area contributed by atoms with E-state index in [1.807, 2.05) is 38.2 Å². The maximum Gasteiger partial charge on any atom is 0.258 e. The number of nitrogens with zero attached hydrogens (tertiary/aromatic N) is 3. The Labute approximate surface area is 271 Å². The maximum absolute atomic E-state index is 13.7. The van der Waals surface area contributed by atoms with Crippen LogP contribution in [0.2, 0.25) is 0 Å². The van der Waals surface area contributed by atoms with Gasteiger partial charge in [0.25, 0.3) is 5.91 Å². The summed E-state index contributed by atoms with van der Waals surface area (Å²) in [6, 6.07) is 15.8. The molecule has 2 aromatic carbocycles. The number of fused-ring (bicyclic) bond motifs is 1. The molecule has 11 heteroatoms. The van der Waals surface area contributed by atoms with Crippen LogP contribution in [0, 0.1) is 5.92 Å². The van der Waals surface area contributed by atoms with Gasteiger partial charge in [0, 0.05) is 56.5 Å². The van der Waals surface area contributed by atoms with Crippen molar-refractivity contribution in [2.24, 2.45) is 5.92 Å². The van der Waals surface area contributed by atoms with Crippen LogP contribution >= 0.6 is 0 Å². The van der Waals surface area contributed by atoms with Gasteiger partial charge in [-0.1, -0.05) is 25.5 Å². The molecule has 5 N–H and O–H groups in total. The van der Waals surface area contributed by atoms with Gasteiger partial charge in [-0.15, -0.1) is 0 Å². The van der Waals surface area contributed by atoms with Crippen LogP contribution in [0.3, 0.4) is 0 Å². The number of nitrogens with one attached hydrogen (secondary N) is 2. The van der Waals surface area contributed by atoms with Crippen molar-refractivity contribution in [3.8, 4) is 5.75 Å². The van der Waals surface area contributed by atoms with Crippen LogP contribution in [0.25, 0.3) is 0 Å². The molecule has 4 rings (SSSR count). The predicted octanol–water partition coefficient (Wildman–Crippen LogP) is 4.54. The lowest BCUT2D eigenvalue weighted by Crippen LogP contribution is -2.49. The van der Waals surface area contributed by atoms with Crippen molar-refractivity contribution in [2.45, 2.75) is 64.6 Å². The van der Waals surface area contributed by atoms with Gasteiger partial charge >= 0.3 is 0 Å². The quantitative estimate of drug-likeness (QED) is 0.150.